The van der Waals surface area contributed by atoms with Crippen molar-refractivity contribution < 1.29 is 9.59 Å². The highest BCUT2D eigenvalue weighted by Gasteiger charge is 2.18. The molecule has 1 heterocycles. The number of amides is 2. The zero-order chi connectivity index (χ0) is 20.1. The average Bonchev–Trinajstić information content (AvgIpc) is 3.10. The lowest BCUT2D eigenvalue weighted by Gasteiger charge is -2.10. The van der Waals surface area contributed by atoms with Gasteiger partial charge < -0.3 is 10.6 Å². The maximum absolute atomic E-state index is 12.6. The molecule has 0 spiro atoms. The summed E-state index contributed by atoms with van der Waals surface area (Å²) >= 11 is 0. The molecular weight excluding hydrogens is 352 g/mol. The second kappa shape index (κ2) is 8.52. The van der Waals surface area contributed by atoms with Gasteiger partial charge in [-0.05, 0) is 24.6 Å². The highest BCUT2D eigenvalue weighted by Crippen LogP contribution is 2.18. The van der Waals surface area contributed by atoms with Gasteiger partial charge in [0.2, 0.25) is 5.91 Å². The van der Waals surface area contributed by atoms with E-state index in [-0.39, 0.29) is 23.4 Å². The Balaban J connectivity index is 1.83. The smallest absolute Gasteiger partial charge is 0.272 e. The van der Waals surface area contributed by atoms with Gasteiger partial charge >= 0.3 is 0 Å². The molecule has 0 saturated carbocycles. The maximum atomic E-state index is 12.6. The highest BCUT2D eigenvalue weighted by atomic mass is 16.2. The van der Waals surface area contributed by atoms with Gasteiger partial charge in [0.15, 0.2) is 5.69 Å². The molecular formula is C22H24N4O2. The fourth-order valence-corrected chi connectivity index (χ4v) is 2.71. The van der Waals surface area contributed by atoms with E-state index in [1.54, 1.807) is 10.7 Å². The molecule has 0 unspecified atom stereocenters. The fourth-order valence-electron chi connectivity index (χ4n) is 2.71. The molecule has 0 atom stereocenters. The van der Waals surface area contributed by atoms with Gasteiger partial charge in [-0.1, -0.05) is 61.9 Å². The minimum Gasteiger partial charge on any atom is -0.347 e. The number of aryl methyl sites for hydroxylation is 1. The minimum atomic E-state index is -0.295. The van der Waals surface area contributed by atoms with Crippen molar-refractivity contribution in [1.82, 2.24) is 15.1 Å². The molecule has 2 aromatic carbocycles. The second-order valence-corrected chi connectivity index (χ2v) is 6.98. The van der Waals surface area contributed by atoms with Crippen LogP contribution in [0.2, 0.25) is 0 Å². The van der Waals surface area contributed by atoms with E-state index in [0.29, 0.717) is 12.4 Å². The second-order valence-electron chi connectivity index (χ2n) is 6.98. The van der Waals surface area contributed by atoms with Gasteiger partial charge in [0, 0.05) is 18.5 Å². The predicted octanol–water partition coefficient (Wildman–Crippen LogP) is 3.71. The van der Waals surface area contributed by atoms with Crippen LogP contribution in [0.4, 0.5) is 5.82 Å². The molecule has 0 radical (unpaired) electrons. The molecule has 3 aromatic rings. The summed E-state index contributed by atoms with van der Waals surface area (Å²) in [5, 5.41) is 10.1. The summed E-state index contributed by atoms with van der Waals surface area (Å²) in [5.74, 6) is -0.150. The molecule has 2 amide bonds. The molecule has 0 aliphatic rings. The van der Waals surface area contributed by atoms with Crippen molar-refractivity contribution >= 4 is 17.6 Å². The SMILES string of the molecule is Cc1cccc(CNC(=O)c2cc(NC(=O)C(C)C)n(-c3ccccc3)n2)c1. The Hall–Kier alpha value is -3.41. The predicted molar refractivity (Wildman–Crippen MR) is 109 cm³/mol. The average molecular weight is 376 g/mol. The van der Waals surface area contributed by atoms with Crippen LogP contribution in [-0.2, 0) is 11.3 Å². The topological polar surface area (TPSA) is 76.0 Å². The molecule has 28 heavy (non-hydrogen) atoms. The largest absolute Gasteiger partial charge is 0.347 e. The summed E-state index contributed by atoms with van der Waals surface area (Å²) < 4.78 is 1.57. The summed E-state index contributed by atoms with van der Waals surface area (Å²) in [4.78, 5) is 24.8. The number of hydrogen-bond donors (Lipinski definition) is 2. The summed E-state index contributed by atoms with van der Waals surface area (Å²) in [5.41, 5.74) is 3.16. The first-order valence-electron chi connectivity index (χ1n) is 9.24. The third-order valence-corrected chi connectivity index (χ3v) is 4.25. The zero-order valence-corrected chi connectivity index (χ0v) is 16.3. The molecule has 0 bridgehead atoms. The maximum Gasteiger partial charge on any atom is 0.272 e. The number of nitrogens with zero attached hydrogens (tertiary/aromatic N) is 2. The lowest BCUT2D eigenvalue weighted by atomic mass is 10.1. The monoisotopic (exact) mass is 376 g/mol. The first-order chi connectivity index (χ1) is 13.4. The Morgan fingerprint density at radius 3 is 2.46 bits per heavy atom. The van der Waals surface area contributed by atoms with Crippen LogP contribution in [-0.4, -0.2) is 21.6 Å². The van der Waals surface area contributed by atoms with E-state index in [4.69, 9.17) is 0 Å². The van der Waals surface area contributed by atoms with E-state index in [1.807, 2.05) is 75.4 Å². The van der Waals surface area contributed by atoms with E-state index in [2.05, 4.69) is 15.7 Å². The summed E-state index contributed by atoms with van der Waals surface area (Å²) in [6.07, 6.45) is 0. The number of nitrogens with one attached hydrogen (secondary N) is 2. The number of benzene rings is 2. The molecule has 144 valence electrons. The van der Waals surface area contributed by atoms with Crippen molar-refractivity contribution in [1.29, 1.82) is 0 Å². The molecule has 1 aromatic heterocycles. The van der Waals surface area contributed by atoms with Gasteiger partial charge in [0.1, 0.15) is 5.82 Å². The Morgan fingerprint density at radius 1 is 1.04 bits per heavy atom. The number of para-hydroxylation sites is 1. The van der Waals surface area contributed by atoms with Gasteiger partial charge in [-0.3, -0.25) is 9.59 Å². The third kappa shape index (κ3) is 4.65. The number of hydrogen-bond acceptors (Lipinski definition) is 3. The Labute approximate surface area is 164 Å². The van der Waals surface area contributed by atoms with Crippen LogP contribution in [0.3, 0.4) is 0 Å². The van der Waals surface area contributed by atoms with Gasteiger partial charge in [0.05, 0.1) is 5.69 Å². The number of carbonyl (C=O) groups is 2. The van der Waals surface area contributed by atoms with Crippen molar-refractivity contribution in [2.75, 3.05) is 5.32 Å². The Bertz CT molecular complexity index is 977. The van der Waals surface area contributed by atoms with Crippen LogP contribution >= 0.6 is 0 Å². The molecule has 6 nitrogen and oxygen atoms in total. The van der Waals surface area contributed by atoms with Crippen LogP contribution in [0.5, 0.6) is 0 Å². The molecule has 0 aliphatic carbocycles. The van der Waals surface area contributed by atoms with Crippen LogP contribution in [0.15, 0.2) is 60.7 Å². The van der Waals surface area contributed by atoms with Gasteiger partial charge in [-0.15, -0.1) is 0 Å². The van der Waals surface area contributed by atoms with Crippen LogP contribution in [0.1, 0.15) is 35.5 Å². The van der Waals surface area contributed by atoms with Crippen LogP contribution in [0, 0.1) is 12.8 Å². The van der Waals surface area contributed by atoms with Crippen molar-refractivity contribution in [2.45, 2.75) is 27.3 Å². The molecule has 0 fully saturated rings. The van der Waals surface area contributed by atoms with Crippen molar-refractivity contribution in [3.05, 3.63) is 77.5 Å². The highest BCUT2D eigenvalue weighted by molar-refractivity contribution is 5.96. The summed E-state index contributed by atoms with van der Waals surface area (Å²) in [7, 11) is 0. The quantitative estimate of drug-likeness (QED) is 0.689. The van der Waals surface area contributed by atoms with Gasteiger partial charge in [0.25, 0.3) is 5.91 Å². The Morgan fingerprint density at radius 2 is 1.79 bits per heavy atom. The molecule has 6 heteroatoms. The number of aromatic nitrogens is 2. The van der Waals surface area contributed by atoms with Gasteiger partial charge in [-0.2, -0.15) is 5.10 Å². The first-order valence-corrected chi connectivity index (χ1v) is 9.24. The summed E-state index contributed by atoms with van der Waals surface area (Å²) in [6, 6.07) is 18.9. The number of rotatable bonds is 6. The zero-order valence-electron chi connectivity index (χ0n) is 16.3. The standard InChI is InChI=1S/C22H24N4O2/c1-15(2)21(27)24-20-13-19(25-26(20)18-10-5-4-6-11-18)22(28)23-14-17-9-7-8-16(3)12-17/h4-13,15H,14H2,1-3H3,(H,23,28)(H,24,27). The lowest BCUT2D eigenvalue weighted by Crippen LogP contribution is -2.23. The molecule has 0 aliphatic heterocycles. The van der Waals surface area contributed by atoms with Crippen molar-refractivity contribution in [3.63, 3.8) is 0 Å². The lowest BCUT2D eigenvalue weighted by molar-refractivity contribution is -0.118. The van der Waals surface area contributed by atoms with E-state index in [9.17, 15) is 9.59 Å². The van der Waals surface area contributed by atoms with E-state index in [1.165, 1.54) is 0 Å². The molecule has 3 rings (SSSR count). The van der Waals surface area contributed by atoms with E-state index >= 15 is 0 Å². The third-order valence-electron chi connectivity index (χ3n) is 4.25. The van der Waals surface area contributed by atoms with E-state index < -0.39 is 0 Å². The van der Waals surface area contributed by atoms with Crippen molar-refractivity contribution in [3.8, 4) is 5.69 Å². The minimum absolute atomic E-state index is 0.135. The Kier molecular flexibility index (Phi) is 5.89. The molecule has 0 saturated heterocycles. The normalized spacial score (nSPS) is 10.7. The fraction of sp³-hybridized carbons (Fsp3) is 0.227. The number of carbonyl (C=O) groups excluding carboxylic acids is 2. The number of anilines is 1. The van der Waals surface area contributed by atoms with E-state index in [0.717, 1.165) is 16.8 Å². The van der Waals surface area contributed by atoms with Crippen LogP contribution in [0.25, 0.3) is 5.69 Å². The van der Waals surface area contributed by atoms with Crippen LogP contribution < -0.4 is 10.6 Å². The van der Waals surface area contributed by atoms with Crippen molar-refractivity contribution in [2.24, 2.45) is 5.92 Å². The van der Waals surface area contributed by atoms with Gasteiger partial charge in [-0.25, -0.2) is 4.68 Å². The summed E-state index contributed by atoms with van der Waals surface area (Å²) in [6.45, 7) is 6.05. The first kappa shape index (κ1) is 19.4. The molecule has 2 N–H and O–H groups in total.